The summed E-state index contributed by atoms with van der Waals surface area (Å²) >= 11 is 0. The monoisotopic (exact) mass is 769 g/mol. The summed E-state index contributed by atoms with van der Waals surface area (Å²) in [7, 11) is -4.41. The second kappa shape index (κ2) is 38.7. The molecule has 0 aliphatic heterocycles. The highest BCUT2D eigenvalue weighted by molar-refractivity contribution is 7.47. The van der Waals surface area contributed by atoms with Crippen LogP contribution in [0, 0.1) is 0 Å². The maximum Gasteiger partial charge on any atom is 0.472 e. The third-order valence-corrected chi connectivity index (χ3v) is 10.1. The number of amides is 1. The summed E-state index contributed by atoms with van der Waals surface area (Å²) in [6.07, 6.45) is 43.4. The molecule has 0 rings (SSSR count). The van der Waals surface area contributed by atoms with Crippen molar-refractivity contribution in [2.45, 2.75) is 199 Å². The fourth-order valence-corrected chi connectivity index (χ4v) is 6.67. The first-order valence-electron chi connectivity index (χ1n) is 21.3. The van der Waals surface area contributed by atoms with Gasteiger partial charge in [-0.25, -0.2) is 4.57 Å². The summed E-state index contributed by atoms with van der Waals surface area (Å²) in [4.78, 5) is 22.7. The number of nitrogens with one attached hydrogen (secondary N) is 1. The first-order chi connectivity index (χ1) is 25.8. The van der Waals surface area contributed by atoms with Crippen molar-refractivity contribution in [3.8, 4) is 0 Å². The van der Waals surface area contributed by atoms with E-state index in [1.54, 1.807) is 6.08 Å². The van der Waals surface area contributed by atoms with Crippen LogP contribution in [0.15, 0.2) is 48.6 Å². The van der Waals surface area contributed by atoms with Crippen molar-refractivity contribution in [1.82, 2.24) is 5.32 Å². The van der Waals surface area contributed by atoms with Gasteiger partial charge in [0.1, 0.15) is 0 Å². The molecule has 0 spiro atoms. The number of unbranched alkanes of at least 4 members (excludes halogenated alkanes) is 19. The fourth-order valence-electron chi connectivity index (χ4n) is 5.91. The molecule has 4 unspecified atom stereocenters. The van der Waals surface area contributed by atoms with E-state index in [0.29, 0.717) is 12.8 Å². The zero-order valence-corrected chi connectivity index (χ0v) is 34.8. The summed E-state index contributed by atoms with van der Waals surface area (Å²) < 4.78 is 22.0. The van der Waals surface area contributed by atoms with Crippen LogP contribution in [0.25, 0.3) is 0 Å². The number of allylic oxidation sites excluding steroid dienone is 7. The molecule has 0 saturated heterocycles. The minimum absolute atomic E-state index is 0.0395. The molecule has 9 nitrogen and oxygen atoms in total. The molecule has 0 fully saturated rings. The predicted octanol–water partition coefficient (Wildman–Crippen LogP) is 10.7. The van der Waals surface area contributed by atoms with Gasteiger partial charge in [0.15, 0.2) is 0 Å². The highest BCUT2D eigenvalue weighted by atomic mass is 31.2. The van der Waals surface area contributed by atoms with E-state index in [-0.39, 0.29) is 19.6 Å². The van der Waals surface area contributed by atoms with Gasteiger partial charge in [-0.05, 0) is 70.6 Å². The number of hydrogen-bond acceptors (Lipinski definition) is 7. The van der Waals surface area contributed by atoms with Crippen molar-refractivity contribution in [1.29, 1.82) is 0 Å². The largest absolute Gasteiger partial charge is 0.472 e. The molecule has 1 amide bonds. The number of carbonyl (C=O) groups is 1. The molecule has 6 N–H and O–H groups in total. The third-order valence-electron chi connectivity index (χ3n) is 9.16. The predicted molar refractivity (Wildman–Crippen MR) is 223 cm³/mol. The van der Waals surface area contributed by atoms with Crippen molar-refractivity contribution in [3.05, 3.63) is 48.6 Å². The third kappa shape index (κ3) is 37.1. The molecule has 4 atom stereocenters. The van der Waals surface area contributed by atoms with E-state index in [0.717, 1.165) is 57.8 Å². The van der Waals surface area contributed by atoms with Gasteiger partial charge < -0.3 is 26.2 Å². The van der Waals surface area contributed by atoms with Gasteiger partial charge in [-0.3, -0.25) is 13.8 Å². The number of carbonyl (C=O) groups excluding carboxylic acids is 1. The molecule has 0 aromatic heterocycles. The van der Waals surface area contributed by atoms with Crippen LogP contribution in [0.2, 0.25) is 0 Å². The summed E-state index contributed by atoms with van der Waals surface area (Å²) in [5.74, 6) is -0.470. The molecule has 0 aromatic carbocycles. The van der Waals surface area contributed by atoms with Gasteiger partial charge in [0.25, 0.3) is 0 Å². The second-order valence-electron chi connectivity index (χ2n) is 14.4. The molecule has 0 bridgehead atoms. The van der Waals surface area contributed by atoms with Crippen LogP contribution >= 0.6 is 7.82 Å². The minimum atomic E-state index is -4.41. The average Bonchev–Trinajstić information content (AvgIpc) is 3.13. The van der Waals surface area contributed by atoms with Gasteiger partial charge in [-0.15, -0.1) is 0 Å². The Bertz CT molecular complexity index is 988. The lowest BCUT2D eigenvalue weighted by molar-refractivity contribution is -0.124. The van der Waals surface area contributed by atoms with E-state index >= 15 is 0 Å². The van der Waals surface area contributed by atoms with Gasteiger partial charge in [0, 0.05) is 6.54 Å². The number of aliphatic hydroxyl groups is 2. The second-order valence-corrected chi connectivity index (χ2v) is 15.8. The summed E-state index contributed by atoms with van der Waals surface area (Å²) in [6.45, 7) is 3.91. The van der Waals surface area contributed by atoms with Crippen LogP contribution in [0.4, 0.5) is 0 Å². The Morgan fingerprint density at radius 3 is 1.57 bits per heavy atom. The zero-order valence-electron chi connectivity index (χ0n) is 33.9. The Balaban J connectivity index is 4.46. The highest BCUT2D eigenvalue weighted by Gasteiger charge is 2.27. The van der Waals surface area contributed by atoms with Gasteiger partial charge >= 0.3 is 7.82 Å². The Labute approximate surface area is 325 Å². The van der Waals surface area contributed by atoms with Gasteiger partial charge in [0.05, 0.1) is 37.9 Å². The van der Waals surface area contributed by atoms with Gasteiger partial charge in [-0.2, -0.15) is 0 Å². The summed E-state index contributed by atoms with van der Waals surface area (Å²) in [5, 5.41) is 24.0. The van der Waals surface area contributed by atoms with Crippen LogP contribution in [0.1, 0.15) is 181 Å². The van der Waals surface area contributed by atoms with E-state index in [2.05, 4.69) is 55.6 Å². The Kier molecular flexibility index (Phi) is 37.5. The normalized spacial score (nSPS) is 15.2. The van der Waals surface area contributed by atoms with Crippen LogP contribution in [0.5, 0.6) is 0 Å². The molecular formula is C43H81N2O7P. The van der Waals surface area contributed by atoms with Gasteiger partial charge in [0.2, 0.25) is 5.91 Å². The number of phosphoric ester groups is 1. The molecule has 53 heavy (non-hydrogen) atoms. The maximum atomic E-state index is 12.8. The first kappa shape index (κ1) is 51.4. The number of phosphoric acid groups is 1. The Hall–Kier alpha value is -1.58. The highest BCUT2D eigenvalue weighted by Crippen LogP contribution is 2.43. The van der Waals surface area contributed by atoms with Crippen molar-refractivity contribution >= 4 is 13.7 Å². The molecule has 0 aromatic rings. The smallest absolute Gasteiger partial charge is 0.393 e. The lowest BCUT2D eigenvalue weighted by Gasteiger charge is -2.24. The first-order valence-corrected chi connectivity index (χ1v) is 22.8. The number of aliphatic hydroxyl groups excluding tert-OH is 2. The average molecular weight is 769 g/mol. The fraction of sp³-hybridized carbons (Fsp3) is 0.791. The quantitative estimate of drug-likeness (QED) is 0.0235. The lowest BCUT2D eigenvalue weighted by Crippen LogP contribution is -2.46. The number of hydrogen-bond donors (Lipinski definition) is 5. The topological polar surface area (TPSA) is 151 Å². The molecule has 0 radical (unpaired) electrons. The van der Waals surface area contributed by atoms with Crippen molar-refractivity contribution in [3.63, 3.8) is 0 Å². The molecule has 310 valence electrons. The molecule has 10 heteroatoms. The van der Waals surface area contributed by atoms with Crippen LogP contribution in [0.3, 0.4) is 0 Å². The maximum absolute atomic E-state index is 12.8. The summed E-state index contributed by atoms with van der Waals surface area (Å²) in [6, 6.07) is -1.01. The lowest BCUT2D eigenvalue weighted by atomic mass is 10.1. The Morgan fingerprint density at radius 2 is 1.08 bits per heavy atom. The van der Waals surface area contributed by atoms with Crippen molar-refractivity contribution < 1.29 is 33.5 Å². The van der Waals surface area contributed by atoms with Crippen molar-refractivity contribution in [2.24, 2.45) is 5.73 Å². The molecular weight excluding hydrogens is 687 g/mol. The summed E-state index contributed by atoms with van der Waals surface area (Å²) in [5.41, 5.74) is 5.35. The zero-order chi connectivity index (χ0) is 39.1. The van der Waals surface area contributed by atoms with E-state index in [1.165, 1.54) is 89.9 Å². The van der Waals surface area contributed by atoms with E-state index in [9.17, 15) is 24.5 Å². The van der Waals surface area contributed by atoms with E-state index in [1.807, 2.05) is 6.08 Å². The minimum Gasteiger partial charge on any atom is -0.393 e. The number of nitrogens with two attached hydrogens (primary N) is 1. The molecule has 0 aliphatic carbocycles. The van der Waals surface area contributed by atoms with Crippen LogP contribution in [-0.2, 0) is 18.4 Å². The number of rotatable bonds is 39. The standard InChI is InChI=1S/C43H81N2O7P/c1-3-5-7-9-11-13-15-17-19-20-21-23-25-27-29-31-33-35-42(47)41(39-52-53(49,50)51-37-36-44)45-43(48)38-40(46)34-32-30-28-26-24-22-18-16-14-12-10-8-6-4-2/h19-20,22,24-25,27,33,35,40-42,46-47H,3-18,21,23,26,28-32,34,36-39,44H2,1-2H3,(H,45,48)(H,49,50)/b20-19+,24-22-,27-25+,35-33+. The van der Waals surface area contributed by atoms with E-state index < -0.39 is 38.6 Å². The Morgan fingerprint density at radius 1 is 0.642 bits per heavy atom. The van der Waals surface area contributed by atoms with Crippen LogP contribution < -0.4 is 11.1 Å². The van der Waals surface area contributed by atoms with Gasteiger partial charge in [-0.1, -0.05) is 152 Å². The SMILES string of the molecule is CCCCCCCCC/C=C\CCCCCC(O)CC(=O)NC(COP(=O)(O)OCCN)C(O)/C=C/CC/C=C/CC/C=C/CCCCCCCCC. The van der Waals surface area contributed by atoms with Crippen LogP contribution in [-0.4, -0.2) is 59.0 Å². The molecule has 0 saturated carbocycles. The van der Waals surface area contributed by atoms with E-state index in [4.69, 9.17) is 14.8 Å². The van der Waals surface area contributed by atoms with Crippen molar-refractivity contribution in [2.75, 3.05) is 19.8 Å². The molecule has 0 heterocycles. The molecule has 0 aliphatic rings.